The summed E-state index contributed by atoms with van der Waals surface area (Å²) in [5.41, 5.74) is 10.8. The molecule has 1 aliphatic heterocycles. The Bertz CT molecular complexity index is 1410. The van der Waals surface area contributed by atoms with Crippen LogP contribution in [-0.2, 0) is 16.1 Å². The van der Waals surface area contributed by atoms with E-state index in [0.717, 1.165) is 38.5 Å². The zero-order valence-corrected chi connectivity index (χ0v) is 21.6. The van der Waals surface area contributed by atoms with Gasteiger partial charge < -0.3 is 20.9 Å². The molecule has 1 aliphatic rings. The topological polar surface area (TPSA) is 104 Å². The summed E-state index contributed by atoms with van der Waals surface area (Å²) in [4.78, 5) is 36.7. The largest absolute Gasteiger partial charge is 0.345 e. The third-order valence-corrected chi connectivity index (χ3v) is 7.47. The highest BCUT2D eigenvalue weighted by atomic mass is 32.2. The molecule has 4 N–H and O–H groups in total. The number of hydrogen-bond acceptors (Lipinski definition) is 5. The van der Waals surface area contributed by atoms with Crippen LogP contribution in [0.3, 0.4) is 0 Å². The number of thioether (sulfide) groups is 1. The molecule has 0 fully saturated rings. The number of para-hydroxylation sites is 1. The van der Waals surface area contributed by atoms with E-state index in [9.17, 15) is 9.59 Å². The Morgan fingerprint density at radius 3 is 2.59 bits per heavy atom. The van der Waals surface area contributed by atoms with E-state index >= 15 is 0 Å². The third-order valence-electron chi connectivity index (χ3n) is 6.31. The number of nitrogens with one attached hydrogen (secondary N) is 2. The number of benzene rings is 3. The van der Waals surface area contributed by atoms with Gasteiger partial charge in [0.15, 0.2) is 0 Å². The third kappa shape index (κ3) is 5.30. The van der Waals surface area contributed by atoms with Gasteiger partial charge in [0.25, 0.3) is 5.91 Å². The van der Waals surface area contributed by atoms with Crippen molar-refractivity contribution in [3.05, 3.63) is 90.9 Å². The van der Waals surface area contributed by atoms with Crippen LogP contribution in [0.15, 0.2) is 90.2 Å². The van der Waals surface area contributed by atoms with Crippen LogP contribution in [-0.4, -0.2) is 39.1 Å². The number of fused-ring (bicyclic) bond motifs is 1. The zero-order chi connectivity index (χ0) is 26.0. The lowest BCUT2D eigenvalue weighted by Crippen LogP contribution is -2.56. The van der Waals surface area contributed by atoms with Gasteiger partial charge in [0.1, 0.15) is 6.04 Å². The number of carbonyl (C=O) groups is 2. The number of nitrogens with zero attached hydrogens (tertiary/aromatic N) is 2. The first kappa shape index (κ1) is 24.8. The van der Waals surface area contributed by atoms with Crippen LogP contribution in [0.2, 0.25) is 0 Å². The van der Waals surface area contributed by atoms with Crippen LogP contribution in [0, 0.1) is 0 Å². The number of hydrogen-bond donors (Lipinski definition) is 3. The van der Waals surface area contributed by atoms with E-state index in [1.54, 1.807) is 43.0 Å². The lowest BCUT2D eigenvalue weighted by Gasteiger charge is -2.28. The van der Waals surface area contributed by atoms with Crippen molar-refractivity contribution in [1.82, 2.24) is 15.3 Å². The molecule has 0 unspecified atom stereocenters. The highest BCUT2D eigenvalue weighted by molar-refractivity contribution is 7.99. The number of rotatable bonds is 6. The molecular weight excluding hydrogens is 482 g/mol. The number of anilines is 1. The minimum Gasteiger partial charge on any atom is -0.345 e. The molecule has 0 radical (unpaired) electrons. The van der Waals surface area contributed by atoms with Gasteiger partial charge in [0.05, 0.1) is 36.0 Å². The van der Waals surface area contributed by atoms with E-state index < -0.39 is 11.6 Å². The second kappa shape index (κ2) is 10.2. The Labute approximate surface area is 220 Å². The van der Waals surface area contributed by atoms with Crippen molar-refractivity contribution in [2.45, 2.75) is 36.9 Å². The Hall–Kier alpha value is -3.88. The molecule has 8 heteroatoms. The maximum atomic E-state index is 13.8. The number of imidazole rings is 1. The van der Waals surface area contributed by atoms with E-state index in [0.29, 0.717) is 12.3 Å². The summed E-state index contributed by atoms with van der Waals surface area (Å²) in [6.07, 6.45) is 3.46. The van der Waals surface area contributed by atoms with Gasteiger partial charge in [-0.15, -0.1) is 11.8 Å². The Morgan fingerprint density at radius 2 is 1.86 bits per heavy atom. The van der Waals surface area contributed by atoms with Gasteiger partial charge in [-0.2, -0.15) is 0 Å². The van der Waals surface area contributed by atoms with Gasteiger partial charge in [0.2, 0.25) is 5.91 Å². The van der Waals surface area contributed by atoms with Crippen LogP contribution >= 0.6 is 11.8 Å². The number of carbonyl (C=O) groups excluding carboxylic acids is 2. The Morgan fingerprint density at radius 1 is 1.11 bits per heavy atom. The van der Waals surface area contributed by atoms with Crippen LogP contribution in [0.4, 0.5) is 5.69 Å². The molecule has 0 aliphatic carbocycles. The quantitative estimate of drug-likeness (QED) is 0.351. The fourth-order valence-electron chi connectivity index (χ4n) is 4.33. The zero-order valence-electron chi connectivity index (χ0n) is 20.8. The van der Waals surface area contributed by atoms with Gasteiger partial charge in [-0.3, -0.25) is 9.59 Å². The highest BCUT2D eigenvalue weighted by Gasteiger charge is 2.34. The molecule has 0 bridgehead atoms. The second-order valence-corrected chi connectivity index (χ2v) is 10.7. The molecule has 5 rings (SSSR count). The average molecular weight is 512 g/mol. The summed E-state index contributed by atoms with van der Waals surface area (Å²) in [5, 5.41) is 2.87. The van der Waals surface area contributed by atoms with Gasteiger partial charge in [-0.25, -0.2) is 4.98 Å². The minimum absolute atomic E-state index is 0.162. The van der Waals surface area contributed by atoms with Crippen molar-refractivity contribution in [2.24, 2.45) is 5.73 Å². The van der Waals surface area contributed by atoms with Crippen molar-refractivity contribution in [2.75, 3.05) is 10.7 Å². The molecular formula is C29H29N5O2S. The first-order valence-electron chi connectivity index (χ1n) is 12.1. The standard InChI is InChI=1S/C29H29N5O2S/c1-29(2,30)28(36)33-24-17-37-26-11-7-6-10-25(26)34(27(24)35)16-19-12-13-21(20-8-4-3-5-9-20)22(14-19)23-15-31-18-32-23/h3-15,18,24H,16-17,30H2,1-2H3,(H,31,32)(H,33,36)/t24-/m1/s1. The van der Waals surface area contributed by atoms with Crippen LogP contribution < -0.4 is 16.0 Å². The van der Waals surface area contributed by atoms with Crippen molar-refractivity contribution in [1.29, 1.82) is 0 Å². The maximum absolute atomic E-state index is 13.8. The normalized spacial score (nSPS) is 15.7. The molecule has 0 saturated heterocycles. The first-order chi connectivity index (χ1) is 17.8. The van der Waals surface area contributed by atoms with E-state index in [1.165, 1.54) is 0 Å². The van der Waals surface area contributed by atoms with E-state index in [4.69, 9.17) is 5.73 Å². The summed E-state index contributed by atoms with van der Waals surface area (Å²) in [7, 11) is 0. The summed E-state index contributed by atoms with van der Waals surface area (Å²) < 4.78 is 0. The summed E-state index contributed by atoms with van der Waals surface area (Å²) in [6.45, 7) is 3.62. The van der Waals surface area contributed by atoms with Crippen LogP contribution in [0.5, 0.6) is 0 Å². The number of aromatic amines is 1. The molecule has 1 aromatic heterocycles. The van der Waals surface area contributed by atoms with E-state index in [1.807, 2.05) is 48.5 Å². The number of nitrogens with two attached hydrogens (primary N) is 1. The van der Waals surface area contributed by atoms with Crippen molar-refractivity contribution >= 4 is 29.3 Å². The fraction of sp³-hybridized carbons (Fsp3) is 0.207. The molecule has 188 valence electrons. The maximum Gasteiger partial charge on any atom is 0.250 e. The van der Waals surface area contributed by atoms with E-state index in [-0.39, 0.29) is 11.8 Å². The number of amides is 2. The second-order valence-electron chi connectivity index (χ2n) is 9.66. The summed E-state index contributed by atoms with van der Waals surface area (Å²) >= 11 is 1.56. The Balaban J connectivity index is 1.52. The summed E-state index contributed by atoms with van der Waals surface area (Å²) in [6, 6.07) is 23.6. The molecule has 3 aromatic carbocycles. The van der Waals surface area contributed by atoms with Crippen molar-refractivity contribution < 1.29 is 9.59 Å². The van der Waals surface area contributed by atoms with Crippen LogP contribution in [0.25, 0.3) is 22.4 Å². The number of aromatic nitrogens is 2. The van der Waals surface area contributed by atoms with Gasteiger partial charge in [0, 0.05) is 16.2 Å². The van der Waals surface area contributed by atoms with Gasteiger partial charge >= 0.3 is 0 Å². The molecule has 37 heavy (non-hydrogen) atoms. The fourth-order valence-corrected chi connectivity index (χ4v) is 5.41. The Kier molecular flexibility index (Phi) is 6.86. The van der Waals surface area contributed by atoms with E-state index in [2.05, 4.69) is 39.6 Å². The molecule has 2 heterocycles. The monoisotopic (exact) mass is 511 g/mol. The minimum atomic E-state index is -1.08. The smallest absolute Gasteiger partial charge is 0.250 e. The number of H-pyrrole nitrogens is 1. The van der Waals surface area contributed by atoms with Crippen LogP contribution in [0.1, 0.15) is 19.4 Å². The molecule has 4 aromatic rings. The van der Waals surface area contributed by atoms with Crippen molar-refractivity contribution in [3.63, 3.8) is 0 Å². The highest BCUT2D eigenvalue weighted by Crippen LogP contribution is 2.37. The predicted molar refractivity (Wildman–Crippen MR) is 148 cm³/mol. The van der Waals surface area contributed by atoms with Gasteiger partial charge in [-0.1, -0.05) is 54.6 Å². The molecule has 1 atom stereocenters. The predicted octanol–water partition coefficient (Wildman–Crippen LogP) is 4.60. The lowest BCUT2D eigenvalue weighted by atomic mass is 9.95. The molecule has 2 amide bonds. The average Bonchev–Trinajstić information content (AvgIpc) is 3.40. The first-order valence-corrected chi connectivity index (χ1v) is 13.1. The lowest BCUT2D eigenvalue weighted by molar-refractivity contribution is -0.129. The molecule has 0 spiro atoms. The summed E-state index contributed by atoms with van der Waals surface area (Å²) in [5.74, 6) is -0.0862. The van der Waals surface area contributed by atoms with Crippen molar-refractivity contribution in [3.8, 4) is 22.4 Å². The SMILES string of the molecule is CC(C)(N)C(=O)N[C@@H]1CSc2ccccc2N(Cc2ccc(-c3ccccc3)c(-c3cnc[nH]3)c2)C1=O. The molecule has 0 saturated carbocycles. The molecule has 7 nitrogen and oxygen atoms in total. The van der Waals surface area contributed by atoms with Gasteiger partial charge in [-0.05, 0) is 48.7 Å².